The summed E-state index contributed by atoms with van der Waals surface area (Å²) in [5, 5.41) is 0. The van der Waals surface area contributed by atoms with Crippen LogP contribution in [0.5, 0.6) is 0 Å². The maximum Gasteiger partial charge on any atom is 0.144 e. The third-order valence-electron chi connectivity index (χ3n) is 5.54. The summed E-state index contributed by atoms with van der Waals surface area (Å²) in [7, 11) is 0. The van der Waals surface area contributed by atoms with E-state index >= 15 is 0 Å². The zero-order valence-corrected chi connectivity index (χ0v) is 13.9. The lowest BCUT2D eigenvalue weighted by molar-refractivity contribution is 0.000337. The molecule has 2 nitrogen and oxygen atoms in total. The van der Waals surface area contributed by atoms with Gasteiger partial charge in [-0.3, -0.25) is 0 Å². The summed E-state index contributed by atoms with van der Waals surface area (Å²) >= 11 is 7.95. The van der Waals surface area contributed by atoms with E-state index in [-0.39, 0.29) is 21.0 Å². The second kappa shape index (κ2) is 3.88. The second-order valence-corrected chi connectivity index (χ2v) is 8.64. The fourth-order valence-corrected chi connectivity index (χ4v) is 7.04. The average molecular weight is 388 g/mol. The molecule has 3 heterocycles. The Balaban J connectivity index is 1.85. The van der Waals surface area contributed by atoms with Crippen molar-refractivity contribution in [2.24, 2.45) is 17.8 Å². The summed E-state index contributed by atoms with van der Waals surface area (Å²) in [5.41, 5.74) is 0. The Bertz CT molecular complexity index is 497. The molecule has 19 heavy (non-hydrogen) atoms. The second-order valence-electron chi connectivity index (χ2n) is 6.05. The number of terminal acetylenes is 1. The van der Waals surface area contributed by atoms with Crippen LogP contribution in [0.3, 0.4) is 0 Å². The number of hydrogen-bond acceptors (Lipinski definition) is 2. The normalized spacial score (nSPS) is 61.2. The number of allylic oxidation sites excluding steroid dienone is 2. The molecule has 4 aliphatic rings. The molecule has 102 valence electrons. The fourth-order valence-electron chi connectivity index (χ4n) is 4.87. The Labute approximate surface area is 130 Å². The van der Waals surface area contributed by atoms with Crippen LogP contribution < -0.4 is 0 Å². The highest BCUT2D eigenvalue weighted by molar-refractivity contribution is 9.13. The van der Waals surface area contributed by atoms with Crippen LogP contribution in [0.4, 0.5) is 0 Å². The molecule has 3 aliphatic heterocycles. The van der Waals surface area contributed by atoms with Crippen molar-refractivity contribution in [2.45, 2.75) is 46.9 Å². The topological polar surface area (TPSA) is 18.5 Å². The Morgan fingerprint density at radius 3 is 2.89 bits per heavy atom. The molecule has 1 aliphatic carbocycles. The van der Waals surface area contributed by atoms with E-state index < -0.39 is 0 Å². The third-order valence-corrected chi connectivity index (χ3v) is 9.17. The van der Waals surface area contributed by atoms with Gasteiger partial charge in [-0.05, 0) is 12.5 Å². The molecule has 0 radical (unpaired) electrons. The van der Waals surface area contributed by atoms with Gasteiger partial charge in [-0.15, -0.1) is 6.42 Å². The number of alkyl halides is 2. The molecule has 1 saturated carbocycles. The SMILES string of the molecule is C#C/C=C\[C@@H]1[C@@H]2[C@H]3[C@H]4O[C@@H]2C[C@H]4O[C@@]3(Br)[C@@]1(Br)CC. The lowest BCUT2D eigenvalue weighted by atomic mass is 9.77. The molecular formula is C15H16Br2O2. The molecule has 4 heteroatoms. The number of fused-ring (bicyclic) bond motifs is 2. The zero-order valence-electron chi connectivity index (χ0n) is 10.7. The van der Waals surface area contributed by atoms with Gasteiger partial charge in [-0.2, -0.15) is 0 Å². The van der Waals surface area contributed by atoms with E-state index in [0.29, 0.717) is 23.9 Å². The molecule has 0 amide bonds. The van der Waals surface area contributed by atoms with Crippen LogP contribution in [0.1, 0.15) is 19.8 Å². The molecule has 0 spiro atoms. The van der Waals surface area contributed by atoms with Crippen LogP contribution in [-0.4, -0.2) is 27.1 Å². The Morgan fingerprint density at radius 2 is 2.21 bits per heavy atom. The van der Waals surface area contributed by atoms with Gasteiger partial charge >= 0.3 is 0 Å². The largest absolute Gasteiger partial charge is 0.371 e. The summed E-state index contributed by atoms with van der Waals surface area (Å²) in [6, 6.07) is 0. The number of halogens is 2. The minimum Gasteiger partial charge on any atom is -0.371 e. The summed E-state index contributed by atoms with van der Waals surface area (Å²) < 4.78 is 12.1. The molecular weight excluding hydrogens is 372 g/mol. The van der Waals surface area contributed by atoms with Crippen molar-refractivity contribution >= 4 is 31.9 Å². The Morgan fingerprint density at radius 1 is 1.42 bits per heavy atom. The Hall–Kier alpha value is 0.180. The molecule has 0 aromatic heterocycles. The predicted molar refractivity (Wildman–Crippen MR) is 80.2 cm³/mol. The van der Waals surface area contributed by atoms with Crippen LogP contribution in [0.25, 0.3) is 0 Å². The van der Waals surface area contributed by atoms with E-state index in [9.17, 15) is 0 Å². The van der Waals surface area contributed by atoms with Gasteiger partial charge in [0, 0.05) is 24.2 Å². The van der Waals surface area contributed by atoms with Gasteiger partial charge < -0.3 is 9.47 Å². The van der Waals surface area contributed by atoms with E-state index in [4.69, 9.17) is 15.9 Å². The Kier molecular flexibility index (Phi) is 2.63. The highest BCUT2D eigenvalue weighted by Crippen LogP contribution is 2.73. The van der Waals surface area contributed by atoms with Crippen LogP contribution in [-0.2, 0) is 9.47 Å². The summed E-state index contributed by atoms with van der Waals surface area (Å²) in [6.07, 6.45) is 12.3. The highest BCUT2D eigenvalue weighted by Gasteiger charge is 2.80. The first-order valence-electron chi connectivity index (χ1n) is 6.90. The molecule has 2 bridgehead atoms. The van der Waals surface area contributed by atoms with Crippen LogP contribution in [0.2, 0.25) is 0 Å². The van der Waals surface area contributed by atoms with E-state index in [1.807, 2.05) is 6.08 Å². The van der Waals surface area contributed by atoms with Gasteiger partial charge in [0.2, 0.25) is 0 Å². The van der Waals surface area contributed by atoms with Crippen LogP contribution in [0, 0.1) is 30.1 Å². The van der Waals surface area contributed by atoms with Crippen molar-refractivity contribution in [2.75, 3.05) is 0 Å². The zero-order chi connectivity index (χ0) is 13.4. The highest BCUT2D eigenvalue weighted by atomic mass is 79.9. The molecule has 0 N–H and O–H groups in total. The maximum atomic E-state index is 6.39. The minimum atomic E-state index is -0.316. The average Bonchev–Trinajstić information content (AvgIpc) is 3.03. The molecule has 0 aromatic rings. The van der Waals surface area contributed by atoms with Crippen molar-refractivity contribution in [3.63, 3.8) is 0 Å². The lowest BCUT2D eigenvalue weighted by Crippen LogP contribution is -2.47. The first-order chi connectivity index (χ1) is 9.06. The molecule has 3 saturated heterocycles. The van der Waals surface area contributed by atoms with E-state index in [1.54, 1.807) is 0 Å². The quantitative estimate of drug-likeness (QED) is 0.534. The first-order valence-corrected chi connectivity index (χ1v) is 8.49. The lowest BCUT2D eigenvalue weighted by Gasteiger charge is -2.40. The standard InChI is InChI=1S/C15H16Br2O2/c1-3-5-6-8-11-9-7-10-13(18-9)12(11)15(17,19-10)14(8,16)4-2/h1,5-6,8-13H,4,7H2,2H3/b6-5-/t8-,9-,10-,11+,12+,13+,14-,15-/m1/s1. The molecule has 8 atom stereocenters. The predicted octanol–water partition coefficient (Wildman–Crippen LogP) is 3.24. The summed E-state index contributed by atoms with van der Waals surface area (Å²) in [6.45, 7) is 2.21. The van der Waals surface area contributed by atoms with E-state index in [1.165, 1.54) is 0 Å². The van der Waals surface area contributed by atoms with Gasteiger partial charge in [0.1, 0.15) is 4.51 Å². The van der Waals surface area contributed by atoms with Crippen molar-refractivity contribution in [1.82, 2.24) is 0 Å². The van der Waals surface area contributed by atoms with Crippen LogP contribution >= 0.6 is 31.9 Å². The number of rotatable bonds is 2. The van der Waals surface area contributed by atoms with Crippen molar-refractivity contribution < 1.29 is 9.47 Å². The van der Waals surface area contributed by atoms with E-state index in [0.717, 1.165) is 12.8 Å². The number of ether oxygens (including phenoxy) is 2. The van der Waals surface area contributed by atoms with Crippen molar-refractivity contribution in [3.8, 4) is 12.3 Å². The third kappa shape index (κ3) is 1.27. The molecule has 4 rings (SSSR count). The first kappa shape index (κ1) is 12.9. The minimum absolute atomic E-state index is 0.0991. The molecule has 4 fully saturated rings. The van der Waals surface area contributed by atoms with Gasteiger partial charge in [-0.25, -0.2) is 0 Å². The fraction of sp³-hybridized carbons (Fsp3) is 0.733. The smallest absolute Gasteiger partial charge is 0.144 e. The summed E-state index contributed by atoms with van der Waals surface area (Å²) in [5.74, 6) is 3.92. The van der Waals surface area contributed by atoms with Gasteiger partial charge in [-0.1, -0.05) is 50.8 Å². The maximum absolute atomic E-state index is 6.39. The van der Waals surface area contributed by atoms with Crippen molar-refractivity contribution in [1.29, 1.82) is 0 Å². The van der Waals surface area contributed by atoms with Crippen molar-refractivity contribution in [3.05, 3.63) is 12.2 Å². The van der Waals surface area contributed by atoms with Crippen LogP contribution in [0.15, 0.2) is 12.2 Å². The number of hydrogen-bond donors (Lipinski definition) is 0. The molecule has 0 aromatic carbocycles. The summed E-state index contributed by atoms with van der Waals surface area (Å²) in [4.78, 5) is 0. The van der Waals surface area contributed by atoms with Gasteiger partial charge in [0.05, 0.1) is 22.6 Å². The van der Waals surface area contributed by atoms with Gasteiger partial charge in [0.25, 0.3) is 0 Å². The monoisotopic (exact) mass is 386 g/mol. The molecule has 0 unspecified atom stereocenters. The van der Waals surface area contributed by atoms with Gasteiger partial charge in [0.15, 0.2) is 0 Å². The van der Waals surface area contributed by atoms with E-state index in [2.05, 4.69) is 50.8 Å².